The third kappa shape index (κ3) is 9.02. The number of fused-ring (bicyclic) bond motifs is 2. The summed E-state index contributed by atoms with van der Waals surface area (Å²) in [6, 6.07) is 16.0. The van der Waals surface area contributed by atoms with E-state index in [-0.39, 0.29) is 48.2 Å². The quantitative estimate of drug-likeness (QED) is 0.0899. The second-order valence-electron chi connectivity index (χ2n) is 13.7. The summed E-state index contributed by atoms with van der Waals surface area (Å²) in [5, 5.41) is 16.0. The van der Waals surface area contributed by atoms with Crippen LogP contribution < -0.4 is 21.5 Å². The summed E-state index contributed by atoms with van der Waals surface area (Å²) < 4.78 is 14.6. The number of carbonyl (C=O) groups excluding carboxylic acids is 5. The van der Waals surface area contributed by atoms with Crippen molar-refractivity contribution in [1.82, 2.24) is 25.7 Å². The molecule has 1 saturated heterocycles. The third-order valence-corrected chi connectivity index (χ3v) is 9.89. The number of H-pyrrole nitrogens is 1. The molecule has 1 fully saturated rings. The molecule has 6 rings (SSSR count). The summed E-state index contributed by atoms with van der Waals surface area (Å²) in [7, 11) is 0. The van der Waals surface area contributed by atoms with Gasteiger partial charge in [0.25, 0.3) is 17.4 Å². The molecule has 1 aromatic heterocycles. The predicted octanol–water partition coefficient (Wildman–Crippen LogP) is 5.29. The summed E-state index contributed by atoms with van der Waals surface area (Å²) in [5.74, 6) is -2.27. The number of hydrogen-bond acceptors (Lipinski definition) is 7. The van der Waals surface area contributed by atoms with Crippen molar-refractivity contribution in [3.05, 3.63) is 105 Å². The number of amides is 5. The lowest BCUT2D eigenvalue weighted by atomic mass is 10.0. The topological polar surface area (TPSA) is 170 Å². The van der Waals surface area contributed by atoms with Gasteiger partial charge >= 0.3 is 0 Å². The van der Waals surface area contributed by atoms with E-state index in [1.165, 1.54) is 17.0 Å². The standard InChI is InChI=1S/C40H43FN6O6/c41-31-18-17-25(23-33-26-12-8-9-13-27(26)38(51)46-45-33)22-29(31)37(50)42-21-10-6-4-2-1-3-5-7-16-35(48)43-32-15-11-14-28-30(32)24-47(40(28)53)34-19-20-36(49)44-39(34)52/h8-9,11-15,17-18,22,34H,1-7,10,16,19-21,23-24H2,(H,42,50)(H,43,48)(H,46,51)(H,44,49,52). The van der Waals surface area contributed by atoms with Crippen LogP contribution in [0, 0.1) is 5.82 Å². The van der Waals surface area contributed by atoms with Gasteiger partial charge in [-0.1, -0.05) is 68.9 Å². The summed E-state index contributed by atoms with van der Waals surface area (Å²) in [4.78, 5) is 76.0. The lowest BCUT2D eigenvalue weighted by Gasteiger charge is -2.29. The molecule has 2 aliphatic rings. The maximum atomic E-state index is 14.6. The zero-order chi connectivity index (χ0) is 37.3. The minimum Gasteiger partial charge on any atom is -0.352 e. The molecular weight excluding hydrogens is 679 g/mol. The maximum absolute atomic E-state index is 14.6. The van der Waals surface area contributed by atoms with Gasteiger partial charge in [-0.3, -0.25) is 34.1 Å². The number of rotatable bonds is 16. The number of aromatic amines is 1. The highest BCUT2D eigenvalue weighted by Crippen LogP contribution is 2.32. The van der Waals surface area contributed by atoms with Crippen LogP contribution in [-0.4, -0.2) is 57.2 Å². The second kappa shape index (κ2) is 17.2. The van der Waals surface area contributed by atoms with Gasteiger partial charge in [0.05, 0.1) is 16.6 Å². The zero-order valence-corrected chi connectivity index (χ0v) is 29.5. The number of aromatic nitrogens is 2. The van der Waals surface area contributed by atoms with Gasteiger partial charge in [0.2, 0.25) is 17.7 Å². The Bertz CT molecular complexity index is 2100. The Kier molecular flexibility index (Phi) is 12.0. The van der Waals surface area contributed by atoms with E-state index in [9.17, 15) is 33.2 Å². The van der Waals surface area contributed by atoms with Crippen LogP contribution >= 0.6 is 0 Å². The Morgan fingerprint density at radius 1 is 0.868 bits per heavy atom. The van der Waals surface area contributed by atoms with Gasteiger partial charge in [-0.05, 0) is 55.2 Å². The Morgan fingerprint density at radius 3 is 2.38 bits per heavy atom. The van der Waals surface area contributed by atoms with Crippen LogP contribution in [0.4, 0.5) is 10.1 Å². The Labute approximate surface area is 305 Å². The molecule has 0 radical (unpaired) electrons. The number of benzene rings is 3. The minimum absolute atomic E-state index is 0.0240. The number of nitrogens with one attached hydrogen (secondary N) is 4. The van der Waals surface area contributed by atoms with E-state index < -0.39 is 23.7 Å². The van der Waals surface area contributed by atoms with E-state index in [1.54, 1.807) is 36.4 Å². The predicted molar refractivity (Wildman–Crippen MR) is 197 cm³/mol. The molecule has 4 aromatic rings. The van der Waals surface area contributed by atoms with Crippen molar-refractivity contribution in [3.63, 3.8) is 0 Å². The van der Waals surface area contributed by atoms with E-state index in [1.807, 2.05) is 12.1 Å². The summed E-state index contributed by atoms with van der Waals surface area (Å²) in [5.41, 5.74) is 2.75. The third-order valence-electron chi connectivity index (χ3n) is 9.89. The maximum Gasteiger partial charge on any atom is 0.272 e. The molecule has 12 nitrogen and oxygen atoms in total. The van der Waals surface area contributed by atoms with Crippen molar-refractivity contribution >= 4 is 46.0 Å². The van der Waals surface area contributed by atoms with Crippen LogP contribution in [0.3, 0.4) is 0 Å². The fourth-order valence-electron chi connectivity index (χ4n) is 7.04. The van der Waals surface area contributed by atoms with Crippen LogP contribution in [0.1, 0.15) is 108 Å². The smallest absolute Gasteiger partial charge is 0.272 e. The van der Waals surface area contributed by atoms with Gasteiger partial charge in [0, 0.05) is 54.6 Å². The molecule has 0 bridgehead atoms. The molecule has 3 heterocycles. The molecule has 1 atom stereocenters. The Hall–Kier alpha value is -5.72. The van der Waals surface area contributed by atoms with Gasteiger partial charge in [0.1, 0.15) is 11.9 Å². The summed E-state index contributed by atoms with van der Waals surface area (Å²) in [6.45, 7) is 0.643. The first-order valence-corrected chi connectivity index (χ1v) is 18.3. The first-order chi connectivity index (χ1) is 25.7. The number of nitrogens with zero attached hydrogens (tertiary/aromatic N) is 2. The zero-order valence-electron chi connectivity index (χ0n) is 29.5. The first kappa shape index (κ1) is 37.1. The largest absolute Gasteiger partial charge is 0.352 e. The van der Waals surface area contributed by atoms with Gasteiger partial charge in [-0.2, -0.15) is 5.10 Å². The normalized spacial score (nSPS) is 15.4. The Morgan fingerprint density at radius 2 is 1.60 bits per heavy atom. The number of halogens is 1. The van der Waals surface area contributed by atoms with Crippen molar-refractivity contribution in [2.75, 3.05) is 11.9 Å². The molecule has 53 heavy (non-hydrogen) atoms. The minimum atomic E-state index is -0.709. The van der Waals surface area contributed by atoms with Crippen LogP contribution in [0.15, 0.2) is 65.5 Å². The number of imide groups is 1. The second-order valence-corrected chi connectivity index (χ2v) is 13.7. The van der Waals surface area contributed by atoms with Gasteiger partial charge in [-0.15, -0.1) is 0 Å². The van der Waals surface area contributed by atoms with Gasteiger partial charge in [0.15, 0.2) is 0 Å². The lowest BCUT2D eigenvalue weighted by Crippen LogP contribution is -2.52. The van der Waals surface area contributed by atoms with E-state index in [2.05, 4.69) is 26.1 Å². The molecule has 0 saturated carbocycles. The molecule has 2 aliphatic heterocycles. The molecule has 4 N–H and O–H groups in total. The van der Waals surface area contributed by atoms with Crippen molar-refractivity contribution in [2.24, 2.45) is 0 Å². The first-order valence-electron chi connectivity index (χ1n) is 18.3. The monoisotopic (exact) mass is 722 g/mol. The van der Waals surface area contributed by atoms with E-state index in [4.69, 9.17) is 0 Å². The highest BCUT2D eigenvalue weighted by molar-refractivity contribution is 6.06. The van der Waals surface area contributed by atoms with E-state index >= 15 is 0 Å². The van der Waals surface area contributed by atoms with Crippen LogP contribution in [0.2, 0.25) is 0 Å². The number of unbranched alkanes of at least 4 members (excludes halogenated alkanes) is 7. The lowest BCUT2D eigenvalue weighted by molar-refractivity contribution is -0.137. The number of piperidine rings is 1. The number of anilines is 1. The molecule has 3 aromatic carbocycles. The molecule has 1 unspecified atom stereocenters. The number of carbonyl (C=O) groups is 5. The van der Waals surface area contributed by atoms with Crippen molar-refractivity contribution in [1.29, 1.82) is 0 Å². The fraction of sp³-hybridized carbons (Fsp3) is 0.375. The molecule has 0 aliphatic carbocycles. The molecular formula is C40H43FN6O6. The van der Waals surface area contributed by atoms with Crippen LogP contribution in [-0.2, 0) is 27.3 Å². The van der Waals surface area contributed by atoms with Crippen LogP contribution in [0.5, 0.6) is 0 Å². The highest BCUT2D eigenvalue weighted by Gasteiger charge is 2.40. The van der Waals surface area contributed by atoms with Gasteiger partial charge in [-0.25, -0.2) is 9.49 Å². The average Bonchev–Trinajstić information content (AvgIpc) is 3.49. The average molecular weight is 723 g/mol. The van der Waals surface area contributed by atoms with E-state index in [0.717, 1.165) is 51.4 Å². The van der Waals surface area contributed by atoms with E-state index in [0.29, 0.717) is 58.2 Å². The molecule has 276 valence electrons. The van der Waals surface area contributed by atoms with Crippen molar-refractivity contribution in [2.45, 2.75) is 89.6 Å². The fourth-order valence-corrected chi connectivity index (χ4v) is 7.04. The summed E-state index contributed by atoms with van der Waals surface area (Å²) >= 11 is 0. The Balaban J connectivity index is 0.842. The van der Waals surface area contributed by atoms with Crippen molar-refractivity contribution < 1.29 is 28.4 Å². The summed E-state index contributed by atoms with van der Waals surface area (Å²) in [6.07, 6.45) is 8.60. The van der Waals surface area contributed by atoms with Crippen LogP contribution in [0.25, 0.3) is 10.8 Å². The van der Waals surface area contributed by atoms with Gasteiger partial charge < -0.3 is 15.5 Å². The molecule has 5 amide bonds. The highest BCUT2D eigenvalue weighted by atomic mass is 19.1. The molecule has 13 heteroatoms. The van der Waals surface area contributed by atoms with Crippen molar-refractivity contribution in [3.8, 4) is 0 Å². The molecule has 0 spiro atoms. The SMILES string of the molecule is O=C1CCC(N2Cc3c(NC(=O)CCCCCCCCCCNC(=O)c4cc(Cc5n[nH]c(=O)c6ccccc56)ccc4F)cccc3C2=O)C(=O)N1. The number of hydrogen-bond donors (Lipinski definition) is 4.